The summed E-state index contributed by atoms with van der Waals surface area (Å²) in [5.41, 5.74) is 4.61. The van der Waals surface area contributed by atoms with E-state index in [9.17, 15) is 10.1 Å². The van der Waals surface area contributed by atoms with E-state index in [0.717, 1.165) is 19.3 Å². The normalized spacial score (nSPS) is 14.3. The number of aryl methyl sites for hydroxylation is 2. The molecule has 0 radical (unpaired) electrons. The molecular weight excluding hydrogens is 362 g/mol. The lowest BCUT2D eigenvalue weighted by molar-refractivity contribution is -0.112. The zero-order valence-corrected chi connectivity index (χ0v) is 17.0. The molecule has 2 aromatic rings. The van der Waals surface area contributed by atoms with Gasteiger partial charge in [-0.05, 0) is 60.9 Å². The molecule has 2 aromatic carbocycles. The molecule has 0 aliphatic heterocycles. The molecule has 2 N–H and O–H groups in total. The van der Waals surface area contributed by atoms with Crippen molar-refractivity contribution in [2.75, 3.05) is 12.4 Å². The summed E-state index contributed by atoms with van der Waals surface area (Å²) in [6.45, 7) is 2.09. The van der Waals surface area contributed by atoms with Crippen molar-refractivity contribution in [3.05, 3.63) is 70.9 Å². The number of nitrogens with zero attached hydrogens (tertiary/aromatic N) is 1. The molecule has 0 bridgehead atoms. The molecule has 0 heterocycles. The Labute approximate surface area is 172 Å². The van der Waals surface area contributed by atoms with Gasteiger partial charge in [0.05, 0.1) is 18.8 Å². The van der Waals surface area contributed by atoms with Crippen LogP contribution in [-0.2, 0) is 17.6 Å². The van der Waals surface area contributed by atoms with Crippen LogP contribution in [0.5, 0.6) is 5.75 Å². The van der Waals surface area contributed by atoms with Crippen molar-refractivity contribution in [1.82, 2.24) is 5.32 Å². The molecule has 1 atom stereocenters. The second kappa shape index (κ2) is 9.79. The minimum atomic E-state index is -0.468. The molecular formula is C24H27N3O2. The molecule has 0 saturated carbocycles. The van der Waals surface area contributed by atoms with Crippen LogP contribution < -0.4 is 15.4 Å². The number of hydrogen-bond acceptors (Lipinski definition) is 4. The summed E-state index contributed by atoms with van der Waals surface area (Å²) in [5.74, 6) is 0.0800. The van der Waals surface area contributed by atoms with E-state index in [1.165, 1.54) is 42.8 Å². The van der Waals surface area contributed by atoms with Gasteiger partial charge in [-0.25, -0.2) is 0 Å². The van der Waals surface area contributed by atoms with Crippen molar-refractivity contribution >= 4 is 11.6 Å². The van der Waals surface area contributed by atoms with E-state index in [1.807, 2.05) is 12.1 Å². The minimum absolute atomic E-state index is 0.0207. The second-order valence-electron chi connectivity index (χ2n) is 7.19. The summed E-state index contributed by atoms with van der Waals surface area (Å²) in [6.07, 6.45) is 7.14. The molecule has 0 saturated heterocycles. The number of nitrogens with one attached hydrogen (secondary N) is 2. The number of fused-ring (bicyclic) bond motifs is 1. The van der Waals surface area contributed by atoms with E-state index in [2.05, 4.69) is 35.8 Å². The third-order valence-corrected chi connectivity index (χ3v) is 5.33. The van der Waals surface area contributed by atoms with Crippen LogP contribution in [0.1, 0.15) is 48.9 Å². The number of hydrogen-bond donors (Lipinski definition) is 2. The van der Waals surface area contributed by atoms with Crippen LogP contribution >= 0.6 is 0 Å². The highest BCUT2D eigenvalue weighted by atomic mass is 16.5. The Bertz CT molecular complexity index is 943. The zero-order valence-electron chi connectivity index (χ0n) is 17.0. The van der Waals surface area contributed by atoms with E-state index in [1.54, 1.807) is 18.2 Å². The van der Waals surface area contributed by atoms with Gasteiger partial charge in [-0.2, -0.15) is 5.26 Å². The van der Waals surface area contributed by atoms with Gasteiger partial charge in [-0.3, -0.25) is 4.79 Å². The Morgan fingerprint density at radius 3 is 2.69 bits per heavy atom. The first-order valence-corrected chi connectivity index (χ1v) is 10.1. The molecule has 5 heteroatoms. The van der Waals surface area contributed by atoms with Gasteiger partial charge in [0.2, 0.25) is 0 Å². The van der Waals surface area contributed by atoms with Gasteiger partial charge < -0.3 is 15.4 Å². The molecule has 0 fully saturated rings. The van der Waals surface area contributed by atoms with Crippen LogP contribution in [0.2, 0.25) is 0 Å². The summed E-state index contributed by atoms with van der Waals surface area (Å²) in [5, 5.41) is 15.5. The summed E-state index contributed by atoms with van der Waals surface area (Å²) in [7, 11) is 1.54. The molecule has 3 rings (SSSR count). The van der Waals surface area contributed by atoms with E-state index < -0.39 is 5.91 Å². The van der Waals surface area contributed by atoms with E-state index >= 15 is 0 Å². The zero-order chi connectivity index (χ0) is 20.6. The number of benzene rings is 2. The van der Waals surface area contributed by atoms with Crippen LogP contribution in [0.3, 0.4) is 0 Å². The van der Waals surface area contributed by atoms with Gasteiger partial charge in [-0.1, -0.05) is 37.3 Å². The average Bonchev–Trinajstić information content (AvgIpc) is 2.77. The topological polar surface area (TPSA) is 74.2 Å². The van der Waals surface area contributed by atoms with Gasteiger partial charge in [0.15, 0.2) is 0 Å². The lowest BCUT2D eigenvalue weighted by atomic mass is 9.89. The molecule has 0 aromatic heterocycles. The van der Waals surface area contributed by atoms with E-state index in [0.29, 0.717) is 11.4 Å². The first-order chi connectivity index (χ1) is 14.2. The van der Waals surface area contributed by atoms with Crippen molar-refractivity contribution in [2.45, 2.75) is 45.1 Å². The largest absolute Gasteiger partial charge is 0.495 e. The maximum atomic E-state index is 12.5. The average molecular weight is 389 g/mol. The Hall–Kier alpha value is -3.26. The molecule has 1 unspecified atom stereocenters. The van der Waals surface area contributed by atoms with Crippen LogP contribution in [0, 0.1) is 11.3 Å². The summed E-state index contributed by atoms with van der Waals surface area (Å²) >= 11 is 0. The fourth-order valence-corrected chi connectivity index (χ4v) is 3.69. The maximum Gasteiger partial charge on any atom is 0.267 e. The van der Waals surface area contributed by atoms with Crippen molar-refractivity contribution in [3.63, 3.8) is 0 Å². The van der Waals surface area contributed by atoms with Crippen LogP contribution in [0.15, 0.2) is 54.2 Å². The number of nitriles is 1. The number of carbonyl (C=O) groups is 1. The third-order valence-electron chi connectivity index (χ3n) is 5.33. The van der Waals surface area contributed by atoms with E-state index in [4.69, 9.17) is 4.74 Å². The molecule has 1 amide bonds. The number of amides is 1. The number of rotatable bonds is 7. The number of anilines is 1. The van der Waals surface area contributed by atoms with Crippen LogP contribution in [-0.4, -0.2) is 13.0 Å². The molecule has 150 valence electrons. The predicted octanol–water partition coefficient (Wildman–Crippen LogP) is 4.66. The van der Waals surface area contributed by atoms with E-state index in [-0.39, 0.29) is 11.6 Å². The maximum absolute atomic E-state index is 12.5. The Morgan fingerprint density at radius 2 is 1.97 bits per heavy atom. The summed E-state index contributed by atoms with van der Waals surface area (Å²) in [6, 6.07) is 15.8. The van der Waals surface area contributed by atoms with Crippen molar-refractivity contribution in [3.8, 4) is 11.8 Å². The molecule has 5 nitrogen and oxygen atoms in total. The first kappa shape index (κ1) is 20.5. The number of methoxy groups -OCH3 is 1. The highest BCUT2D eigenvalue weighted by Gasteiger charge is 2.16. The number of carbonyl (C=O) groups excluding carboxylic acids is 1. The fraction of sp³-hybridized carbons (Fsp3) is 0.333. The lowest BCUT2D eigenvalue weighted by Gasteiger charge is -2.21. The fourth-order valence-electron chi connectivity index (χ4n) is 3.69. The second-order valence-corrected chi connectivity index (χ2v) is 7.19. The summed E-state index contributed by atoms with van der Waals surface area (Å²) in [4.78, 5) is 12.5. The van der Waals surface area contributed by atoms with Gasteiger partial charge in [-0.15, -0.1) is 0 Å². The molecule has 1 aliphatic rings. The first-order valence-electron chi connectivity index (χ1n) is 10.1. The predicted molar refractivity (Wildman–Crippen MR) is 115 cm³/mol. The quantitative estimate of drug-likeness (QED) is 0.533. The van der Waals surface area contributed by atoms with Crippen molar-refractivity contribution in [1.29, 1.82) is 5.26 Å². The highest BCUT2D eigenvalue weighted by molar-refractivity contribution is 6.07. The third kappa shape index (κ3) is 4.97. The number of ether oxygens (including phenoxy) is 1. The Balaban J connectivity index is 1.73. The van der Waals surface area contributed by atoms with Gasteiger partial charge in [0.25, 0.3) is 5.91 Å². The molecule has 0 spiro atoms. The monoisotopic (exact) mass is 389 g/mol. The van der Waals surface area contributed by atoms with Gasteiger partial charge >= 0.3 is 0 Å². The summed E-state index contributed by atoms with van der Waals surface area (Å²) < 4.78 is 5.25. The minimum Gasteiger partial charge on any atom is -0.495 e. The Kier molecular flexibility index (Phi) is 6.91. The smallest absolute Gasteiger partial charge is 0.267 e. The highest BCUT2D eigenvalue weighted by Crippen LogP contribution is 2.26. The lowest BCUT2D eigenvalue weighted by Crippen LogP contribution is -2.20. The SMILES string of the molecule is CCC(N/C=C(/C#N)C(=O)Nc1ccccc1OC)c1ccc2c(c1)CCCC2. The van der Waals surface area contributed by atoms with Crippen molar-refractivity contribution < 1.29 is 9.53 Å². The Morgan fingerprint density at radius 1 is 1.21 bits per heavy atom. The van der Waals surface area contributed by atoms with Gasteiger partial charge in [0, 0.05) is 6.20 Å². The van der Waals surface area contributed by atoms with Crippen LogP contribution in [0.4, 0.5) is 5.69 Å². The number of para-hydroxylation sites is 2. The standard InChI is InChI=1S/C24H27N3O2/c1-3-21(19-13-12-17-8-4-5-9-18(17)14-19)26-16-20(15-25)24(28)27-22-10-6-7-11-23(22)29-2/h6-7,10-14,16,21,26H,3-5,8-9H2,1-2H3,(H,27,28)/b20-16-. The van der Waals surface area contributed by atoms with Gasteiger partial charge in [0.1, 0.15) is 17.4 Å². The van der Waals surface area contributed by atoms with Crippen LogP contribution in [0.25, 0.3) is 0 Å². The van der Waals surface area contributed by atoms with Crippen molar-refractivity contribution in [2.24, 2.45) is 0 Å². The molecule has 29 heavy (non-hydrogen) atoms. The molecule has 1 aliphatic carbocycles.